The third-order valence-electron chi connectivity index (χ3n) is 7.13. The van der Waals surface area contributed by atoms with Gasteiger partial charge in [0.1, 0.15) is 5.82 Å². The Morgan fingerprint density at radius 3 is 2.56 bits per heavy atom. The van der Waals surface area contributed by atoms with E-state index in [4.69, 9.17) is 11.6 Å². The first kappa shape index (κ1) is 21.2. The number of carbonyl (C=O) groups is 1. The van der Waals surface area contributed by atoms with Gasteiger partial charge in [-0.05, 0) is 91.4 Å². The molecule has 6 heteroatoms. The molecule has 2 amide bonds. The summed E-state index contributed by atoms with van der Waals surface area (Å²) in [6.07, 6.45) is 2.01. The Labute approximate surface area is 202 Å². The van der Waals surface area contributed by atoms with Crippen LogP contribution in [0.2, 0.25) is 5.02 Å². The van der Waals surface area contributed by atoms with Gasteiger partial charge in [0.05, 0.1) is 6.04 Å². The molecule has 2 N–H and O–H groups in total. The smallest absolute Gasteiger partial charge is 0.322 e. The van der Waals surface area contributed by atoms with Crippen molar-refractivity contribution in [1.82, 2.24) is 9.88 Å². The van der Waals surface area contributed by atoms with Crippen molar-refractivity contribution in [2.24, 2.45) is 0 Å². The average molecular weight is 474 g/mol. The Balaban J connectivity index is 1.50. The molecule has 1 aliphatic carbocycles. The number of H-pyrrole nitrogens is 1. The molecule has 2 aliphatic rings. The first-order chi connectivity index (χ1) is 16.3. The van der Waals surface area contributed by atoms with Gasteiger partial charge < -0.3 is 15.2 Å². The van der Waals surface area contributed by atoms with Crippen LogP contribution in [0.15, 0.2) is 60.7 Å². The number of anilines is 1. The molecule has 4 nitrogen and oxygen atoms in total. The summed E-state index contributed by atoms with van der Waals surface area (Å²) in [6.45, 7) is 4.59. The first-order valence-corrected chi connectivity index (χ1v) is 11.9. The monoisotopic (exact) mass is 473 g/mol. The number of nitrogens with one attached hydrogen (secondary N) is 2. The average Bonchev–Trinajstić information content (AvgIpc) is 3.43. The van der Waals surface area contributed by atoms with Crippen LogP contribution < -0.4 is 5.32 Å². The molecule has 34 heavy (non-hydrogen) atoms. The normalized spacial score (nSPS) is 18.2. The number of halogens is 2. The molecule has 0 radical (unpaired) electrons. The number of aromatic amines is 1. The number of nitrogens with zero attached hydrogens (tertiary/aromatic N) is 1. The van der Waals surface area contributed by atoms with E-state index in [0.29, 0.717) is 11.6 Å². The maximum absolute atomic E-state index is 14.3. The van der Waals surface area contributed by atoms with Crippen molar-refractivity contribution >= 4 is 34.2 Å². The molecule has 1 aliphatic heterocycles. The molecule has 1 spiro atoms. The van der Waals surface area contributed by atoms with E-state index in [2.05, 4.69) is 16.4 Å². The summed E-state index contributed by atoms with van der Waals surface area (Å²) < 4.78 is 14.3. The standard InChI is InChI=1S/C28H25ClFN3O/c1-16-10-17(2)12-21(11-16)31-27(34)33-15-28(8-9-28)24-22-14-19(29)6-7-23(22)32-25(24)26(33)18-4-3-5-20(30)13-18/h3-7,10-14,26,32H,8-9,15H2,1-2H3,(H,31,34). The van der Waals surface area contributed by atoms with E-state index in [1.54, 1.807) is 6.07 Å². The lowest BCUT2D eigenvalue weighted by molar-refractivity contribution is 0.181. The van der Waals surface area contributed by atoms with Crippen molar-refractivity contribution < 1.29 is 9.18 Å². The number of carbonyl (C=O) groups excluding carboxylic acids is 1. The van der Waals surface area contributed by atoms with Gasteiger partial charge in [-0.2, -0.15) is 0 Å². The summed E-state index contributed by atoms with van der Waals surface area (Å²) in [5.74, 6) is -0.320. The summed E-state index contributed by atoms with van der Waals surface area (Å²) >= 11 is 6.36. The number of aryl methyl sites for hydroxylation is 2. The molecule has 172 valence electrons. The van der Waals surface area contributed by atoms with Crippen molar-refractivity contribution in [2.75, 3.05) is 11.9 Å². The summed E-state index contributed by atoms with van der Waals surface area (Å²) in [7, 11) is 0. The maximum Gasteiger partial charge on any atom is 0.322 e. The number of aromatic nitrogens is 1. The number of benzene rings is 3. The van der Waals surface area contributed by atoms with Gasteiger partial charge in [-0.1, -0.05) is 29.8 Å². The van der Waals surface area contributed by atoms with Gasteiger partial charge in [0.25, 0.3) is 0 Å². The first-order valence-electron chi connectivity index (χ1n) is 11.6. The van der Waals surface area contributed by atoms with Crippen molar-refractivity contribution in [3.8, 4) is 0 Å². The van der Waals surface area contributed by atoms with E-state index in [1.807, 2.05) is 55.1 Å². The lowest BCUT2D eigenvalue weighted by Gasteiger charge is -2.40. The highest BCUT2D eigenvalue weighted by atomic mass is 35.5. The summed E-state index contributed by atoms with van der Waals surface area (Å²) in [5.41, 5.74) is 6.72. The summed E-state index contributed by atoms with van der Waals surface area (Å²) in [4.78, 5) is 19.2. The minimum Gasteiger partial charge on any atom is -0.356 e. The molecule has 6 rings (SSSR count). The van der Waals surface area contributed by atoms with Crippen molar-refractivity contribution in [3.05, 3.63) is 99.5 Å². The maximum atomic E-state index is 14.3. The SMILES string of the molecule is Cc1cc(C)cc(NC(=O)N2CC3(CC3)c3c([nH]c4ccc(Cl)cc34)C2c2cccc(F)c2)c1. The van der Waals surface area contributed by atoms with Gasteiger partial charge >= 0.3 is 6.03 Å². The van der Waals surface area contributed by atoms with Gasteiger partial charge in [0.15, 0.2) is 0 Å². The van der Waals surface area contributed by atoms with Crippen LogP contribution in [0.3, 0.4) is 0 Å². The molecule has 1 fully saturated rings. The highest BCUT2D eigenvalue weighted by molar-refractivity contribution is 6.31. The van der Waals surface area contributed by atoms with Crippen LogP contribution in [0, 0.1) is 19.7 Å². The summed E-state index contributed by atoms with van der Waals surface area (Å²) in [6, 6.07) is 17.8. The Kier molecular flexibility index (Phi) is 4.75. The minimum absolute atomic E-state index is 0.109. The molecule has 3 aromatic carbocycles. The Morgan fingerprint density at radius 1 is 1.09 bits per heavy atom. The number of hydrogen-bond acceptors (Lipinski definition) is 1. The second-order valence-corrected chi connectivity index (χ2v) is 10.2. The molecule has 0 saturated heterocycles. The fraction of sp³-hybridized carbons (Fsp3) is 0.250. The highest BCUT2D eigenvalue weighted by Gasteiger charge is 2.54. The molecule has 1 aromatic heterocycles. The third kappa shape index (κ3) is 3.46. The quantitative estimate of drug-likeness (QED) is 0.316. The predicted octanol–water partition coefficient (Wildman–Crippen LogP) is 7.25. The lowest BCUT2D eigenvalue weighted by atomic mass is 9.83. The van der Waals surface area contributed by atoms with Gasteiger partial charge in [-0.3, -0.25) is 0 Å². The van der Waals surface area contributed by atoms with Gasteiger partial charge in [0.2, 0.25) is 0 Å². The van der Waals surface area contributed by atoms with Crippen molar-refractivity contribution in [2.45, 2.75) is 38.1 Å². The fourth-order valence-corrected chi connectivity index (χ4v) is 5.80. The minimum atomic E-state index is -0.436. The van der Waals surface area contributed by atoms with E-state index in [-0.39, 0.29) is 17.3 Å². The van der Waals surface area contributed by atoms with E-state index in [0.717, 1.165) is 51.8 Å². The number of fused-ring (bicyclic) bond motifs is 4. The zero-order chi connectivity index (χ0) is 23.6. The zero-order valence-corrected chi connectivity index (χ0v) is 19.8. The summed E-state index contributed by atoms with van der Waals surface area (Å²) in [5, 5.41) is 4.88. The van der Waals surface area contributed by atoms with Crippen LogP contribution >= 0.6 is 11.6 Å². The van der Waals surface area contributed by atoms with Crippen LogP contribution in [0.25, 0.3) is 10.9 Å². The Hall–Kier alpha value is -3.31. The van der Waals surface area contributed by atoms with Crippen LogP contribution in [0.4, 0.5) is 14.9 Å². The zero-order valence-electron chi connectivity index (χ0n) is 19.1. The van der Waals surface area contributed by atoms with Crippen molar-refractivity contribution in [1.29, 1.82) is 0 Å². The van der Waals surface area contributed by atoms with Crippen LogP contribution in [-0.4, -0.2) is 22.5 Å². The topological polar surface area (TPSA) is 48.1 Å². The number of urea groups is 1. The second kappa shape index (κ2) is 7.60. The highest BCUT2D eigenvalue weighted by Crippen LogP contribution is 2.58. The van der Waals surface area contributed by atoms with Crippen LogP contribution in [0.1, 0.15) is 46.8 Å². The number of rotatable bonds is 2. The Morgan fingerprint density at radius 2 is 1.85 bits per heavy atom. The molecule has 0 bridgehead atoms. The molecule has 1 atom stereocenters. The molecular weight excluding hydrogens is 449 g/mol. The third-order valence-corrected chi connectivity index (χ3v) is 7.36. The number of amides is 2. The van der Waals surface area contributed by atoms with E-state index in [1.165, 1.54) is 17.7 Å². The number of hydrogen-bond donors (Lipinski definition) is 2. The van der Waals surface area contributed by atoms with Crippen molar-refractivity contribution in [3.63, 3.8) is 0 Å². The molecule has 1 saturated carbocycles. The molecular formula is C28H25ClFN3O. The molecule has 2 heterocycles. The van der Waals surface area contributed by atoms with E-state index >= 15 is 0 Å². The fourth-order valence-electron chi connectivity index (χ4n) is 5.63. The molecule has 4 aromatic rings. The Bertz CT molecular complexity index is 1440. The van der Waals surface area contributed by atoms with E-state index in [9.17, 15) is 9.18 Å². The second-order valence-electron chi connectivity index (χ2n) is 9.78. The van der Waals surface area contributed by atoms with Gasteiger partial charge in [-0.15, -0.1) is 0 Å². The van der Waals surface area contributed by atoms with Crippen LogP contribution in [-0.2, 0) is 5.41 Å². The predicted molar refractivity (Wildman–Crippen MR) is 134 cm³/mol. The van der Waals surface area contributed by atoms with Crippen LogP contribution in [0.5, 0.6) is 0 Å². The van der Waals surface area contributed by atoms with Gasteiger partial charge in [-0.25, -0.2) is 9.18 Å². The largest absolute Gasteiger partial charge is 0.356 e. The lowest BCUT2D eigenvalue weighted by Crippen LogP contribution is -2.47. The molecule has 1 unspecified atom stereocenters. The van der Waals surface area contributed by atoms with E-state index < -0.39 is 6.04 Å². The van der Waals surface area contributed by atoms with Gasteiger partial charge in [0, 0.05) is 39.3 Å².